The van der Waals surface area contributed by atoms with Gasteiger partial charge in [-0.3, -0.25) is 9.78 Å². The molecule has 0 aliphatic heterocycles. The molecule has 1 aromatic carbocycles. The Bertz CT molecular complexity index is 951. The van der Waals surface area contributed by atoms with E-state index in [1.54, 1.807) is 29.4 Å². The third-order valence-corrected chi connectivity index (χ3v) is 4.63. The molecule has 0 unspecified atom stereocenters. The van der Waals surface area contributed by atoms with Gasteiger partial charge in [0.2, 0.25) is 5.91 Å². The average Bonchev–Trinajstić information content (AvgIpc) is 2.73. The molecular formula is C24H27FN4O. The van der Waals surface area contributed by atoms with Crippen LogP contribution >= 0.6 is 0 Å². The minimum Gasteiger partial charge on any atom is -0.370 e. The first-order chi connectivity index (χ1) is 14.3. The fourth-order valence-electron chi connectivity index (χ4n) is 2.99. The maximum atomic E-state index is 13.3. The standard InChI is InChI=1S/C24H27FN4O/c1-24(2,3)23(30)29(21-9-7-20(25)8-10-21)17-19-6-11-22(28-16-19)27-14-12-18-5-4-13-26-15-18/h4-11,13,15-16H,12,14,17H2,1-3H3,(H,27,28). The number of nitrogens with one attached hydrogen (secondary N) is 1. The van der Waals surface area contributed by atoms with Crippen molar-refractivity contribution in [3.05, 3.63) is 84.1 Å². The molecule has 0 aliphatic carbocycles. The third kappa shape index (κ3) is 5.86. The molecule has 1 N–H and O–H groups in total. The van der Waals surface area contributed by atoms with Crippen LogP contribution in [-0.2, 0) is 17.8 Å². The highest BCUT2D eigenvalue weighted by Gasteiger charge is 2.28. The van der Waals surface area contributed by atoms with Crippen molar-refractivity contribution in [3.8, 4) is 0 Å². The zero-order valence-corrected chi connectivity index (χ0v) is 17.6. The van der Waals surface area contributed by atoms with Gasteiger partial charge in [0.05, 0.1) is 6.54 Å². The molecule has 5 nitrogen and oxygen atoms in total. The molecule has 0 radical (unpaired) electrons. The molecule has 156 valence electrons. The van der Waals surface area contributed by atoms with E-state index in [0.717, 1.165) is 29.9 Å². The lowest BCUT2D eigenvalue weighted by Crippen LogP contribution is -2.39. The molecule has 2 heterocycles. The van der Waals surface area contributed by atoms with Gasteiger partial charge >= 0.3 is 0 Å². The van der Waals surface area contributed by atoms with E-state index in [4.69, 9.17) is 0 Å². The number of rotatable bonds is 7. The Hall–Kier alpha value is -3.28. The van der Waals surface area contributed by atoms with Crippen LogP contribution < -0.4 is 10.2 Å². The summed E-state index contributed by atoms with van der Waals surface area (Å²) in [5.41, 5.74) is 2.16. The van der Waals surface area contributed by atoms with E-state index in [0.29, 0.717) is 12.2 Å². The maximum absolute atomic E-state index is 13.3. The number of benzene rings is 1. The highest BCUT2D eigenvalue weighted by atomic mass is 19.1. The number of carbonyl (C=O) groups excluding carboxylic acids is 1. The molecule has 0 saturated heterocycles. The van der Waals surface area contributed by atoms with E-state index < -0.39 is 5.41 Å². The van der Waals surface area contributed by atoms with Crippen LogP contribution in [0.1, 0.15) is 31.9 Å². The van der Waals surface area contributed by atoms with Crippen LogP contribution in [0.2, 0.25) is 0 Å². The molecule has 1 amide bonds. The van der Waals surface area contributed by atoms with E-state index in [1.165, 1.54) is 12.1 Å². The molecular weight excluding hydrogens is 379 g/mol. The molecule has 0 fully saturated rings. The van der Waals surface area contributed by atoms with Crippen LogP contribution in [0.3, 0.4) is 0 Å². The van der Waals surface area contributed by atoms with Gasteiger partial charge in [0, 0.05) is 36.2 Å². The van der Waals surface area contributed by atoms with E-state index in [2.05, 4.69) is 15.3 Å². The number of halogens is 1. The number of pyridine rings is 2. The lowest BCUT2D eigenvalue weighted by molar-refractivity contribution is -0.125. The van der Waals surface area contributed by atoms with Gasteiger partial charge in [-0.05, 0) is 53.9 Å². The van der Waals surface area contributed by atoms with Crippen molar-refractivity contribution < 1.29 is 9.18 Å². The Morgan fingerprint density at radius 1 is 1.03 bits per heavy atom. The van der Waals surface area contributed by atoms with Gasteiger partial charge in [-0.2, -0.15) is 0 Å². The number of hydrogen-bond acceptors (Lipinski definition) is 4. The van der Waals surface area contributed by atoms with Gasteiger partial charge in [0.1, 0.15) is 11.6 Å². The molecule has 0 spiro atoms. The summed E-state index contributed by atoms with van der Waals surface area (Å²) in [5.74, 6) is 0.413. The van der Waals surface area contributed by atoms with Crippen molar-refractivity contribution in [1.82, 2.24) is 9.97 Å². The minimum absolute atomic E-state index is 0.0345. The van der Waals surface area contributed by atoms with E-state index in [9.17, 15) is 9.18 Å². The summed E-state index contributed by atoms with van der Waals surface area (Å²) in [5, 5.41) is 3.30. The van der Waals surface area contributed by atoms with E-state index in [1.807, 2.05) is 51.2 Å². The molecule has 30 heavy (non-hydrogen) atoms. The lowest BCUT2D eigenvalue weighted by atomic mass is 9.94. The van der Waals surface area contributed by atoms with Crippen LogP contribution in [0.25, 0.3) is 0 Å². The molecule has 0 aliphatic rings. The number of aromatic nitrogens is 2. The second-order valence-corrected chi connectivity index (χ2v) is 8.21. The van der Waals surface area contributed by atoms with Crippen LogP contribution in [0.5, 0.6) is 0 Å². The third-order valence-electron chi connectivity index (χ3n) is 4.63. The average molecular weight is 407 g/mol. The molecule has 0 atom stereocenters. The summed E-state index contributed by atoms with van der Waals surface area (Å²) in [7, 11) is 0. The van der Waals surface area contributed by atoms with Gasteiger partial charge < -0.3 is 10.2 Å². The molecule has 2 aromatic heterocycles. The van der Waals surface area contributed by atoms with Crippen LogP contribution in [0, 0.1) is 11.2 Å². The number of amides is 1. The first kappa shape index (κ1) is 21.4. The normalized spacial score (nSPS) is 11.2. The van der Waals surface area contributed by atoms with Crippen molar-refractivity contribution in [1.29, 1.82) is 0 Å². The van der Waals surface area contributed by atoms with Crippen LogP contribution in [-0.4, -0.2) is 22.4 Å². The zero-order chi connectivity index (χ0) is 21.6. The molecule has 3 rings (SSSR count). The smallest absolute Gasteiger partial charge is 0.232 e. The summed E-state index contributed by atoms with van der Waals surface area (Å²) in [4.78, 5) is 23.2. The van der Waals surface area contributed by atoms with Crippen molar-refractivity contribution in [2.45, 2.75) is 33.7 Å². The summed E-state index contributed by atoms with van der Waals surface area (Å²) in [6, 6.07) is 13.8. The number of carbonyl (C=O) groups is 1. The Labute approximate surface area is 177 Å². The summed E-state index contributed by atoms with van der Waals surface area (Å²) >= 11 is 0. The summed E-state index contributed by atoms with van der Waals surface area (Å²) in [6.07, 6.45) is 6.24. The SMILES string of the molecule is CC(C)(C)C(=O)N(Cc1ccc(NCCc2cccnc2)nc1)c1ccc(F)cc1. The van der Waals surface area contributed by atoms with Gasteiger partial charge in [-0.15, -0.1) is 0 Å². The van der Waals surface area contributed by atoms with Gasteiger partial charge in [-0.25, -0.2) is 9.37 Å². The van der Waals surface area contributed by atoms with Crippen molar-refractivity contribution in [2.24, 2.45) is 5.41 Å². The topological polar surface area (TPSA) is 58.1 Å². The van der Waals surface area contributed by atoms with Crippen LogP contribution in [0.4, 0.5) is 15.9 Å². The van der Waals surface area contributed by atoms with E-state index in [-0.39, 0.29) is 11.7 Å². The highest BCUT2D eigenvalue weighted by molar-refractivity contribution is 5.96. The van der Waals surface area contributed by atoms with Gasteiger partial charge in [0.25, 0.3) is 0 Å². The summed E-state index contributed by atoms with van der Waals surface area (Å²) < 4.78 is 13.3. The number of anilines is 2. The van der Waals surface area contributed by atoms with Crippen molar-refractivity contribution >= 4 is 17.4 Å². The van der Waals surface area contributed by atoms with Crippen molar-refractivity contribution in [2.75, 3.05) is 16.8 Å². The lowest BCUT2D eigenvalue weighted by Gasteiger charge is -2.29. The van der Waals surface area contributed by atoms with Crippen LogP contribution in [0.15, 0.2) is 67.1 Å². The largest absolute Gasteiger partial charge is 0.370 e. The predicted octanol–water partition coefficient (Wildman–Crippen LogP) is 4.85. The fourth-order valence-corrected chi connectivity index (χ4v) is 2.99. The summed E-state index contributed by atoms with van der Waals surface area (Å²) in [6.45, 7) is 6.74. The number of nitrogens with zero attached hydrogens (tertiary/aromatic N) is 3. The van der Waals surface area contributed by atoms with E-state index >= 15 is 0 Å². The van der Waals surface area contributed by atoms with Crippen molar-refractivity contribution in [3.63, 3.8) is 0 Å². The van der Waals surface area contributed by atoms with Gasteiger partial charge in [-0.1, -0.05) is 32.9 Å². The predicted molar refractivity (Wildman–Crippen MR) is 118 cm³/mol. The first-order valence-corrected chi connectivity index (χ1v) is 9.98. The Morgan fingerprint density at radius 3 is 2.40 bits per heavy atom. The zero-order valence-electron chi connectivity index (χ0n) is 17.6. The molecule has 3 aromatic rings. The first-order valence-electron chi connectivity index (χ1n) is 9.98. The second kappa shape index (κ2) is 9.48. The molecule has 0 bridgehead atoms. The Morgan fingerprint density at radius 2 is 1.80 bits per heavy atom. The highest BCUT2D eigenvalue weighted by Crippen LogP contribution is 2.25. The molecule has 6 heteroatoms. The van der Waals surface area contributed by atoms with Gasteiger partial charge in [0.15, 0.2) is 0 Å². The molecule has 0 saturated carbocycles. The monoisotopic (exact) mass is 406 g/mol. The second-order valence-electron chi connectivity index (χ2n) is 8.21. The Kier molecular flexibility index (Phi) is 6.77. The minimum atomic E-state index is -0.560. The quantitative estimate of drug-likeness (QED) is 0.609. The fraction of sp³-hybridized carbons (Fsp3) is 0.292. The maximum Gasteiger partial charge on any atom is 0.232 e. The number of hydrogen-bond donors (Lipinski definition) is 1. The Balaban J connectivity index is 1.67.